The highest BCUT2D eigenvalue weighted by atomic mass is 32.1. The van der Waals surface area contributed by atoms with Gasteiger partial charge in [0.05, 0.1) is 22.0 Å². The van der Waals surface area contributed by atoms with Crippen molar-refractivity contribution < 1.29 is 14.3 Å². The molecule has 1 atom stereocenters. The van der Waals surface area contributed by atoms with E-state index in [4.69, 9.17) is 14.5 Å². The number of aryl methyl sites for hydroxylation is 1. The van der Waals surface area contributed by atoms with Gasteiger partial charge in [0.2, 0.25) is 0 Å². The second kappa shape index (κ2) is 6.83. The van der Waals surface area contributed by atoms with Crippen LogP contribution in [0.5, 0.6) is 11.5 Å². The summed E-state index contributed by atoms with van der Waals surface area (Å²) in [6.45, 7) is 3.11. The number of hydrogen-bond donors (Lipinski definition) is 1. The highest BCUT2D eigenvalue weighted by Gasteiger charge is 2.35. The highest BCUT2D eigenvalue weighted by molar-refractivity contribution is 7.09. The molecule has 3 aromatic rings. The molecule has 1 amide bonds. The number of nitrogens with one attached hydrogen (secondary N) is 1. The van der Waals surface area contributed by atoms with E-state index in [-0.39, 0.29) is 12.1 Å². The van der Waals surface area contributed by atoms with E-state index in [1.807, 2.05) is 47.8 Å². The first-order chi connectivity index (χ1) is 13.7. The molecule has 0 radical (unpaired) electrons. The molecule has 7 heteroatoms. The fourth-order valence-electron chi connectivity index (χ4n) is 3.52. The second-order valence-electron chi connectivity index (χ2n) is 6.62. The molecule has 0 saturated carbocycles. The van der Waals surface area contributed by atoms with E-state index < -0.39 is 0 Å². The summed E-state index contributed by atoms with van der Waals surface area (Å²) in [4.78, 5) is 19.9. The van der Waals surface area contributed by atoms with Crippen LogP contribution in [0.1, 0.15) is 34.1 Å². The Hall–Kier alpha value is -3.06. The normalized spacial score (nSPS) is 17.8. The molecule has 0 spiro atoms. The van der Waals surface area contributed by atoms with Crippen LogP contribution in [0.2, 0.25) is 0 Å². The van der Waals surface area contributed by atoms with E-state index in [1.54, 1.807) is 16.2 Å². The van der Waals surface area contributed by atoms with Crippen LogP contribution in [-0.2, 0) is 6.42 Å². The summed E-state index contributed by atoms with van der Waals surface area (Å²) in [6.07, 6.45) is 0.480. The summed E-state index contributed by atoms with van der Waals surface area (Å²) in [5.41, 5.74) is 3.03. The van der Waals surface area contributed by atoms with Crippen molar-refractivity contribution in [3.8, 4) is 11.5 Å². The summed E-state index contributed by atoms with van der Waals surface area (Å²) in [5.74, 6) is 1.29. The molecule has 1 aromatic heterocycles. The van der Waals surface area contributed by atoms with Crippen molar-refractivity contribution in [1.82, 2.24) is 4.98 Å². The summed E-state index contributed by atoms with van der Waals surface area (Å²) in [7, 11) is 0. The van der Waals surface area contributed by atoms with Gasteiger partial charge in [-0.25, -0.2) is 4.98 Å². The van der Waals surface area contributed by atoms with Crippen LogP contribution in [0.4, 0.5) is 11.4 Å². The van der Waals surface area contributed by atoms with E-state index in [0.29, 0.717) is 30.3 Å². The van der Waals surface area contributed by atoms with E-state index in [2.05, 4.69) is 12.2 Å². The fraction of sp³-hybridized carbons (Fsp3) is 0.238. The molecule has 28 heavy (non-hydrogen) atoms. The molecule has 1 unspecified atom stereocenters. The number of benzene rings is 2. The zero-order valence-corrected chi connectivity index (χ0v) is 16.2. The minimum absolute atomic E-state index is 0.0675. The lowest BCUT2D eigenvalue weighted by Gasteiger charge is -2.37. The highest BCUT2D eigenvalue weighted by Crippen LogP contribution is 2.40. The number of amides is 1. The number of nitrogens with zero attached hydrogens (tertiary/aromatic N) is 2. The van der Waals surface area contributed by atoms with Gasteiger partial charge in [0, 0.05) is 17.1 Å². The second-order valence-corrected chi connectivity index (χ2v) is 7.56. The lowest BCUT2D eigenvalue weighted by Crippen LogP contribution is -2.43. The third-order valence-corrected chi connectivity index (χ3v) is 5.89. The van der Waals surface area contributed by atoms with Gasteiger partial charge < -0.3 is 14.8 Å². The number of thiazole rings is 1. The number of anilines is 2. The molecule has 6 nitrogen and oxygen atoms in total. The number of carbonyl (C=O) groups is 1. The van der Waals surface area contributed by atoms with Crippen molar-refractivity contribution in [2.24, 2.45) is 0 Å². The summed E-state index contributed by atoms with van der Waals surface area (Å²) < 4.78 is 11.3. The third-order valence-electron chi connectivity index (χ3n) is 4.88. The predicted molar refractivity (Wildman–Crippen MR) is 109 cm³/mol. The molecule has 5 rings (SSSR count). The molecular formula is C21H19N3O3S. The first-order valence-electron chi connectivity index (χ1n) is 9.27. The Kier molecular flexibility index (Phi) is 4.16. The first kappa shape index (κ1) is 17.1. The van der Waals surface area contributed by atoms with E-state index in [1.165, 1.54) is 0 Å². The van der Waals surface area contributed by atoms with Crippen LogP contribution in [0.25, 0.3) is 0 Å². The Bertz CT molecular complexity index is 1050. The molecule has 142 valence electrons. The van der Waals surface area contributed by atoms with Gasteiger partial charge in [0.15, 0.2) is 17.7 Å². The molecule has 2 aliphatic rings. The van der Waals surface area contributed by atoms with Gasteiger partial charge >= 0.3 is 0 Å². The maximum Gasteiger partial charge on any atom is 0.262 e. The monoisotopic (exact) mass is 393 g/mol. The zero-order chi connectivity index (χ0) is 19.1. The number of carbonyl (C=O) groups excluding carboxylic acids is 1. The lowest BCUT2D eigenvalue weighted by atomic mass is 10.1. The van der Waals surface area contributed by atoms with Crippen molar-refractivity contribution in [3.63, 3.8) is 0 Å². The van der Waals surface area contributed by atoms with Gasteiger partial charge in [-0.15, -0.1) is 11.3 Å². The number of para-hydroxylation sites is 1. The quantitative estimate of drug-likeness (QED) is 0.721. The van der Waals surface area contributed by atoms with Gasteiger partial charge in [-0.1, -0.05) is 19.1 Å². The van der Waals surface area contributed by atoms with E-state index >= 15 is 0 Å². The standard InChI is InChI=1S/C21H19N3O3S/c1-2-19-22-16(12-28-19)20-23-15-6-4-3-5-14(15)21(25)24(20)13-7-8-17-18(11-13)27-10-9-26-17/h3-8,11-12,20,23H,2,9-10H2,1H3. The summed E-state index contributed by atoms with van der Waals surface area (Å²) in [5, 5.41) is 6.55. The van der Waals surface area contributed by atoms with Gasteiger partial charge in [-0.3, -0.25) is 9.69 Å². The SMILES string of the molecule is CCc1nc(C2Nc3ccccc3C(=O)N2c2ccc3c(c2)OCCO3)cs1. The Balaban J connectivity index is 1.62. The molecule has 0 fully saturated rings. The number of aromatic nitrogens is 1. The molecular weight excluding hydrogens is 374 g/mol. The van der Waals surface area contributed by atoms with Crippen LogP contribution in [-0.4, -0.2) is 24.1 Å². The first-order valence-corrected chi connectivity index (χ1v) is 10.2. The Morgan fingerprint density at radius 1 is 1.18 bits per heavy atom. The van der Waals surface area contributed by atoms with Crippen molar-refractivity contribution in [2.45, 2.75) is 19.5 Å². The lowest BCUT2D eigenvalue weighted by molar-refractivity contribution is 0.0974. The third kappa shape index (κ3) is 2.79. The van der Waals surface area contributed by atoms with Crippen molar-refractivity contribution in [2.75, 3.05) is 23.4 Å². The van der Waals surface area contributed by atoms with Crippen LogP contribution in [0, 0.1) is 0 Å². The van der Waals surface area contributed by atoms with E-state index in [9.17, 15) is 4.79 Å². The molecule has 0 saturated heterocycles. The van der Waals surface area contributed by atoms with Gasteiger partial charge in [-0.2, -0.15) is 0 Å². The summed E-state index contributed by atoms with van der Waals surface area (Å²) >= 11 is 1.61. The average Bonchev–Trinajstić information content (AvgIpc) is 3.22. The van der Waals surface area contributed by atoms with Gasteiger partial charge in [0.25, 0.3) is 5.91 Å². The zero-order valence-electron chi connectivity index (χ0n) is 15.3. The van der Waals surface area contributed by atoms with Crippen molar-refractivity contribution in [3.05, 3.63) is 64.1 Å². The smallest absolute Gasteiger partial charge is 0.262 e. The van der Waals surface area contributed by atoms with Crippen LogP contribution in [0.15, 0.2) is 47.8 Å². The Morgan fingerprint density at radius 3 is 2.82 bits per heavy atom. The molecule has 3 heterocycles. The molecule has 1 N–H and O–H groups in total. The topological polar surface area (TPSA) is 63.7 Å². The van der Waals surface area contributed by atoms with Crippen LogP contribution >= 0.6 is 11.3 Å². The van der Waals surface area contributed by atoms with Crippen molar-refractivity contribution in [1.29, 1.82) is 0 Å². The Morgan fingerprint density at radius 2 is 2.00 bits per heavy atom. The Labute approximate surface area is 166 Å². The molecule has 0 bridgehead atoms. The maximum absolute atomic E-state index is 13.4. The van der Waals surface area contributed by atoms with Crippen LogP contribution in [0.3, 0.4) is 0 Å². The molecule has 0 aliphatic carbocycles. The minimum atomic E-state index is -0.387. The van der Waals surface area contributed by atoms with E-state index in [0.717, 1.165) is 28.5 Å². The largest absolute Gasteiger partial charge is 0.486 e. The summed E-state index contributed by atoms with van der Waals surface area (Å²) in [6, 6.07) is 13.2. The number of fused-ring (bicyclic) bond motifs is 2. The molecule has 2 aliphatic heterocycles. The average molecular weight is 393 g/mol. The maximum atomic E-state index is 13.4. The predicted octanol–water partition coefficient (Wildman–Crippen LogP) is 4.25. The van der Waals surface area contributed by atoms with Gasteiger partial charge in [-0.05, 0) is 30.7 Å². The van der Waals surface area contributed by atoms with Gasteiger partial charge in [0.1, 0.15) is 13.2 Å². The van der Waals surface area contributed by atoms with Crippen LogP contribution < -0.4 is 19.7 Å². The molecule has 2 aromatic carbocycles. The fourth-order valence-corrected chi connectivity index (χ4v) is 4.29. The van der Waals surface area contributed by atoms with Crippen molar-refractivity contribution >= 4 is 28.6 Å². The minimum Gasteiger partial charge on any atom is -0.486 e. The number of ether oxygens (including phenoxy) is 2. The number of hydrogen-bond acceptors (Lipinski definition) is 6. The number of rotatable bonds is 3.